The summed E-state index contributed by atoms with van der Waals surface area (Å²) in [7, 11) is 0. The largest absolute Gasteiger partial charge is 0.370 e. The summed E-state index contributed by atoms with van der Waals surface area (Å²) in [4.78, 5) is 9.44. The molecule has 3 aromatic rings. The van der Waals surface area contributed by atoms with Crippen LogP contribution < -0.4 is 5.32 Å². The second kappa shape index (κ2) is 5.21. The molecule has 0 aliphatic carbocycles. The molecule has 0 saturated carbocycles. The fourth-order valence-electron chi connectivity index (χ4n) is 2.25. The van der Waals surface area contributed by atoms with E-state index in [9.17, 15) is 0 Å². The molecular formula is C16H17N3S. The Kier molecular flexibility index (Phi) is 3.40. The molecule has 20 heavy (non-hydrogen) atoms. The van der Waals surface area contributed by atoms with Crippen molar-refractivity contribution < 1.29 is 0 Å². The number of hydrogen-bond donors (Lipinski definition) is 1. The Labute approximate surface area is 122 Å². The lowest BCUT2D eigenvalue weighted by Crippen LogP contribution is -2.03. The SMILES string of the molecule is CCNc1nc(-c2cscc2C)nc2ccc(C)cc12. The van der Waals surface area contributed by atoms with E-state index in [0.717, 1.165) is 34.7 Å². The molecule has 0 saturated heterocycles. The van der Waals surface area contributed by atoms with Crippen molar-refractivity contribution in [3.63, 3.8) is 0 Å². The third-order valence-electron chi connectivity index (χ3n) is 3.29. The first-order valence-corrected chi connectivity index (χ1v) is 7.68. The summed E-state index contributed by atoms with van der Waals surface area (Å²) < 4.78 is 0. The molecule has 4 heteroatoms. The van der Waals surface area contributed by atoms with E-state index in [2.05, 4.69) is 55.0 Å². The summed E-state index contributed by atoms with van der Waals surface area (Å²) in [6.07, 6.45) is 0. The highest BCUT2D eigenvalue weighted by Gasteiger charge is 2.11. The molecule has 0 amide bonds. The first-order valence-electron chi connectivity index (χ1n) is 6.74. The predicted molar refractivity (Wildman–Crippen MR) is 86.5 cm³/mol. The van der Waals surface area contributed by atoms with Crippen LogP contribution in [0.5, 0.6) is 0 Å². The van der Waals surface area contributed by atoms with Crippen LogP contribution in [0.2, 0.25) is 0 Å². The van der Waals surface area contributed by atoms with Crippen molar-refractivity contribution in [2.75, 3.05) is 11.9 Å². The van der Waals surface area contributed by atoms with E-state index in [1.165, 1.54) is 11.1 Å². The lowest BCUT2D eigenvalue weighted by atomic mass is 10.1. The molecule has 0 bridgehead atoms. The van der Waals surface area contributed by atoms with Crippen LogP contribution >= 0.6 is 11.3 Å². The molecule has 0 fully saturated rings. The maximum atomic E-state index is 4.72. The molecule has 0 unspecified atom stereocenters. The number of anilines is 1. The zero-order chi connectivity index (χ0) is 14.1. The average Bonchev–Trinajstić information content (AvgIpc) is 2.85. The summed E-state index contributed by atoms with van der Waals surface area (Å²) >= 11 is 1.69. The minimum Gasteiger partial charge on any atom is -0.370 e. The van der Waals surface area contributed by atoms with Crippen LogP contribution in [-0.4, -0.2) is 16.5 Å². The number of aromatic nitrogens is 2. The average molecular weight is 283 g/mol. The van der Waals surface area contributed by atoms with Crippen LogP contribution in [0.15, 0.2) is 29.0 Å². The van der Waals surface area contributed by atoms with Crippen LogP contribution in [0.4, 0.5) is 5.82 Å². The number of nitrogens with zero attached hydrogens (tertiary/aromatic N) is 2. The zero-order valence-corrected chi connectivity index (χ0v) is 12.7. The van der Waals surface area contributed by atoms with Crippen LogP contribution in [0.25, 0.3) is 22.3 Å². The zero-order valence-electron chi connectivity index (χ0n) is 11.9. The van der Waals surface area contributed by atoms with Crippen molar-refractivity contribution in [3.8, 4) is 11.4 Å². The minimum absolute atomic E-state index is 0.802. The highest BCUT2D eigenvalue weighted by atomic mass is 32.1. The van der Waals surface area contributed by atoms with Crippen molar-refractivity contribution in [1.82, 2.24) is 9.97 Å². The van der Waals surface area contributed by atoms with Gasteiger partial charge in [-0.2, -0.15) is 11.3 Å². The number of fused-ring (bicyclic) bond motifs is 1. The monoisotopic (exact) mass is 283 g/mol. The Morgan fingerprint density at radius 1 is 1.15 bits per heavy atom. The fraction of sp³-hybridized carbons (Fsp3) is 0.250. The third kappa shape index (κ3) is 2.27. The highest BCUT2D eigenvalue weighted by molar-refractivity contribution is 7.08. The summed E-state index contributed by atoms with van der Waals surface area (Å²) in [5.41, 5.74) is 4.56. The van der Waals surface area contributed by atoms with Gasteiger partial charge in [-0.3, -0.25) is 0 Å². The van der Waals surface area contributed by atoms with E-state index in [-0.39, 0.29) is 0 Å². The van der Waals surface area contributed by atoms with Crippen molar-refractivity contribution >= 4 is 28.1 Å². The van der Waals surface area contributed by atoms with Gasteiger partial charge in [0, 0.05) is 22.9 Å². The topological polar surface area (TPSA) is 37.8 Å². The van der Waals surface area contributed by atoms with Gasteiger partial charge in [0.05, 0.1) is 5.52 Å². The van der Waals surface area contributed by atoms with Crippen LogP contribution in [0.1, 0.15) is 18.1 Å². The van der Waals surface area contributed by atoms with Gasteiger partial charge in [-0.1, -0.05) is 11.6 Å². The summed E-state index contributed by atoms with van der Waals surface area (Å²) in [5.74, 6) is 1.72. The van der Waals surface area contributed by atoms with E-state index in [0.29, 0.717) is 0 Å². The van der Waals surface area contributed by atoms with E-state index in [4.69, 9.17) is 9.97 Å². The molecule has 1 aromatic carbocycles. The standard InChI is InChI=1S/C16H17N3S/c1-4-17-15-12-7-10(2)5-6-14(12)18-16(19-15)13-9-20-8-11(13)3/h5-9H,4H2,1-3H3,(H,17,18,19). The van der Waals surface area contributed by atoms with Gasteiger partial charge in [-0.15, -0.1) is 0 Å². The maximum absolute atomic E-state index is 4.72. The van der Waals surface area contributed by atoms with E-state index in [1.807, 2.05) is 0 Å². The predicted octanol–water partition coefficient (Wildman–Crippen LogP) is 4.41. The molecule has 3 rings (SSSR count). The fourth-order valence-corrected chi connectivity index (χ4v) is 3.08. The minimum atomic E-state index is 0.802. The van der Waals surface area contributed by atoms with Crippen LogP contribution in [-0.2, 0) is 0 Å². The number of benzene rings is 1. The van der Waals surface area contributed by atoms with E-state index < -0.39 is 0 Å². The molecule has 3 nitrogen and oxygen atoms in total. The van der Waals surface area contributed by atoms with Crippen molar-refractivity contribution in [1.29, 1.82) is 0 Å². The van der Waals surface area contributed by atoms with Crippen LogP contribution in [0.3, 0.4) is 0 Å². The van der Waals surface area contributed by atoms with Gasteiger partial charge >= 0.3 is 0 Å². The number of aryl methyl sites for hydroxylation is 2. The maximum Gasteiger partial charge on any atom is 0.163 e. The van der Waals surface area contributed by atoms with E-state index >= 15 is 0 Å². The Morgan fingerprint density at radius 3 is 2.70 bits per heavy atom. The van der Waals surface area contributed by atoms with Gasteiger partial charge in [0.2, 0.25) is 0 Å². The molecule has 2 aromatic heterocycles. The van der Waals surface area contributed by atoms with Gasteiger partial charge < -0.3 is 5.32 Å². The first-order chi connectivity index (χ1) is 9.69. The Balaban J connectivity index is 2.25. The molecule has 1 N–H and O–H groups in total. The molecule has 0 radical (unpaired) electrons. The quantitative estimate of drug-likeness (QED) is 0.774. The molecule has 2 heterocycles. The summed E-state index contributed by atoms with van der Waals surface area (Å²) in [5, 5.41) is 8.68. The number of rotatable bonds is 3. The Hall–Kier alpha value is -1.94. The van der Waals surface area contributed by atoms with Crippen molar-refractivity contribution in [3.05, 3.63) is 40.1 Å². The number of nitrogens with one attached hydrogen (secondary N) is 1. The summed E-state index contributed by atoms with van der Waals surface area (Å²) in [6.45, 7) is 7.12. The molecular weight excluding hydrogens is 266 g/mol. The van der Waals surface area contributed by atoms with E-state index in [1.54, 1.807) is 11.3 Å². The first kappa shape index (κ1) is 13.1. The second-order valence-electron chi connectivity index (χ2n) is 4.92. The van der Waals surface area contributed by atoms with Gasteiger partial charge in [-0.05, 0) is 43.8 Å². The lowest BCUT2D eigenvalue weighted by molar-refractivity contribution is 1.14. The van der Waals surface area contributed by atoms with Gasteiger partial charge in [0.25, 0.3) is 0 Å². The van der Waals surface area contributed by atoms with Crippen molar-refractivity contribution in [2.45, 2.75) is 20.8 Å². The van der Waals surface area contributed by atoms with Gasteiger partial charge in [-0.25, -0.2) is 9.97 Å². The molecule has 0 atom stereocenters. The number of thiophene rings is 1. The Bertz CT molecular complexity index is 762. The third-order valence-corrected chi connectivity index (χ3v) is 4.15. The summed E-state index contributed by atoms with van der Waals surface area (Å²) in [6, 6.07) is 6.30. The van der Waals surface area contributed by atoms with Gasteiger partial charge in [0.1, 0.15) is 5.82 Å². The second-order valence-corrected chi connectivity index (χ2v) is 5.66. The smallest absolute Gasteiger partial charge is 0.163 e. The molecule has 0 aliphatic rings. The van der Waals surface area contributed by atoms with Crippen LogP contribution in [0, 0.1) is 13.8 Å². The molecule has 102 valence electrons. The molecule has 0 spiro atoms. The highest BCUT2D eigenvalue weighted by Crippen LogP contribution is 2.29. The lowest BCUT2D eigenvalue weighted by Gasteiger charge is -2.10. The van der Waals surface area contributed by atoms with Gasteiger partial charge in [0.15, 0.2) is 5.82 Å². The van der Waals surface area contributed by atoms with Crippen molar-refractivity contribution in [2.24, 2.45) is 0 Å². The Morgan fingerprint density at radius 2 is 2.00 bits per heavy atom. The molecule has 0 aliphatic heterocycles. The number of hydrogen-bond acceptors (Lipinski definition) is 4. The normalized spacial score (nSPS) is 10.9.